The van der Waals surface area contributed by atoms with Crippen molar-refractivity contribution < 1.29 is 5.11 Å². The zero-order chi connectivity index (χ0) is 11.5. The van der Waals surface area contributed by atoms with Crippen molar-refractivity contribution in [1.29, 1.82) is 0 Å². The normalized spacial score (nSPS) is 18.9. The number of aryl methyl sites for hydroxylation is 2. The highest BCUT2D eigenvalue weighted by molar-refractivity contribution is 5.30. The van der Waals surface area contributed by atoms with Crippen LogP contribution in [0.5, 0.6) is 0 Å². The van der Waals surface area contributed by atoms with Gasteiger partial charge in [0.15, 0.2) is 0 Å². The number of likely N-dealkylation sites (tertiary alicyclic amines) is 1. The molecule has 1 atom stereocenters. The van der Waals surface area contributed by atoms with E-state index < -0.39 is 0 Å². The summed E-state index contributed by atoms with van der Waals surface area (Å²) in [6, 6.07) is 6.33. The molecule has 1 aromatic carbocycles. The van der Waals surface area contributed by atoms with E-state index in [1.165, 1.54) is 24.0 Å². The highest BCUT2D eigenvalue weighted by Gasteiger charge is 2.17. The molecule has 1 aliphatic heterocycles. The summed E-state index contributed by atoms with van der Waals surface area (Å²) in [5.41, 5.74) is 3.52. The molecule has 1 saturated heterocycles. The summed E-state index contributed by atoms with van der Waals surface area (Å²) in [6.45, 7) is 7.23. The summed E-state index contributed by atoms with van der Waals surface area (Å²) < 4.78 is 0. The number of nitrogens with zero attached hydrogens (tertiary/aromatic N) is 1. The molecule has 1 aromatic rings. The van der Waals surface area contributed by atoms with Gasteiger partial charge in [-0.15, -0.1) is 0 Å². The van der Waals surface area contributed by atoms with Crippen molar-refractivity contribution >= 4 is 0 Å². The number of aliphatic hydroxyl groups excluding tert-OH is 1. The first-order valence-electron chi connectivity index (χ1n) is 6.14. The number of rotatable bonds is 3. The van der Waals surface area contributed by atoms with Gasteiger partial charge in [-0.2, -0.15) is 0 Å². The first-order chi connectivity index (χ1) is 7.65. The lowest BCUT2D eigenvalue weighted by Gasteiger charge is -2.20. The zero-order valence-corrected chi connectivity index (χ0v) is 10.2. The fourth-order valence-electron chi connectivity index (χ4n) is 2.52. The Morgan fingerprint density at radius 2 is 1.69 bits per heavy atom. The van der Waals surface area contributed by atoms with Crippen LogP contribution < -0.4 is 0 Å². The van der Waals surface area contributed by atoms with E-state index >= 15 is 0 Å². The Bertz CT molecular complexity index is 336. The van der Waals surface area contributed by atoms with Crippen LogP contribution >= 0.6 is 0 Å². The van der Waals surface area contributed by atoms with E-state index in [1.807, 2.05) is 0 Å². The van der Waals surface area contributed by atoms with Gasteiger partial charge in [-0.3, -0.25) is 0 Å². The smallest absolute Gasteiger partial charge is 0.0917 e. The average Bonchev–Trinajstić information content (AvgIpc) is 2.68. The number of hydrogen-bond donors (Lipinski definition) is 1. The van der Waals surface area contributed by atoms with E-state index in [2.05, 4.69) is 36.9 Å². The van der Waals surface area contributed by atoms with Crippen LogP contribution in [-0.4, -0.2) is 29.6 Å². The Hall–Kier alpha value is -0.860. The molecule has 2 rings (SSSR count). The molecule has 1 unspecified atom stereocenters. The van der Waals surface area contributed by atoms with Crippen LogP contribution in [0.25, 0.3) is 0 Å². The van der Waals surface area contributed by atoms with Crippen molar-refractivity contribution in [2.24, 2.45) is 0 Å². The van der Waals surface area contributed by atoms with Gasteiger partial charge in [0, 0.05) is 6.54 Å². The van der Waals surface area contributed by atoms with Crippen molar-refractivity contribution in [3.63, 3.8) is 0 Å². The van der Waals surface area contributed by atoms with Crippen molar-refractivity contribution in [3.05, 3.63) is 34.9 Å². The van der Waals surface area contributed by atoms with Crippen LogP contribution in [0.15, 0.2) is 18.2 Å². The van der Waals surface area contributed by atoms with E-state index in [4.69, 9.17) is 0 Å². The maximum absolute atomic E-state index is 10.2. The second-order valence-electron chi connectivity index (χ2n) is 4.94. The predicted molar refractivity (Wildman–Crippen MR) is 66.5 cm³/mol. The van der Waals surface area contributed by atoms with Crippen molar-refractivity contribution in [1.82, 2.24) is 4.90 Å². The van der Waals surface area contributed by atoms with E-state index in [9.17, 15) is 5.11 Å². The monoisotopic (exact) mass is 219 g/mol. The predicted octanol–water partition coefficient (Wildman–Crippen LogP) is 2.43. The molecule has 0 spiro atoms. The average molecular weight is 219 g/mol. The number of β-amino-alcohol motifs (C(OH)–C–C–N with tert-alkyl or cyclic N) is 1. The zero-order valence-electron chi connectivity index (χ0n) is 10.2. The lowest BCUT2D eigenvalue weighted by atomic mass is 10.0. The maximum Gasteiger partial charge on any atom is 0.0917 e. The van der Waals surface area contributed by atoms with Crippen LogP contribution in [0.4, 0.5) is 0 Å². The Kier molecular flexibility index (Phi) is 3.62. The molecule has 0 radical (unpaired) electrons. The Morgan fingerprint density at radius 3 is 2.25 bits per heavy atom. The molecule has 0 aliphatic carbocycles. The molecule has 0 saturated carbocycles. The van der Waals surface area contributed by atoms with Crippen molar-refractivity contribution in [2.45, 2.75) is 32.8 Å². The molecule has 2 heteroatoms. The standard InChI is InChI=1S/C14H21NO/c1-11-7-12(2)9-13(8-11)14(16)10-15-5-3-4-6-15/h7-9,14,16H,3-6,10H2,1-2H3. The van der Waals surface area contributed by atoms with Crippen LogP contribution in [-0.2, 0) is 0 Å². The van der Waals surface area contributed by atoms with Gasteiger partial charge in [-0.1, -0.05) is 29.3 Å². The molecule has 1 N–H and O–H groups in total. The van der Waals surface area contributed by atoms with E-state index in [1.54, 1.807) is 0 Å². The number of benzene rings is 1. The second-order valence-corrected chi connectivity index (χ2v) is 4.94. The van der Waals surface area contributed by atoms with E-state index in [-0.39, 0.29) is 6.10 Å². The van der Waals surface area contributed by atoms with Gasteiger partial charge < -0.3 is 10.0 Å². The number of hydrogen-bond acceptors (Lipinski definition) is 2. The Morgan fingerprint density at radius 1 is 1.12 bits per heavy atom. The molecular formula is C14H21NO. The highest BCUT2D eigenvalue weighted by atomic mass is 16.3. The maximum atomic E-state index is 10.2. The topological polar surface area (TPSA) is 23.5 Å². The van der Waals surface area contributed by atoms with Crippen LogP contribution in [0, 0.1) is 13.8 Å². The van der Waals surface area contributed by atoms with Crippen LogP contribution in [0.1, 0.15) is 35.6 Å². The van der Waals surface area contributed by atoms with Crippen LogP contribution in [0.3, 0.4) is 0 Å². The first kappa shape index (κ1) is 11.6. The highest BCUT2D eigenvalue weighted by Crippen LogP contribution is 2.19. The lowest BCUT2D eigenvalue weighted by Crippen LogP contribution is -2.25. The Balaban J connectivity index is 2.04. The van der Waals surface area contributed by atoms with E-state index in [0.717, 1.165) is 25.2 Å². The molecule has 2 nitrogen and oxygen atoms in total. The van der Waals surface area contributed by atoms with Crippen LogP contribution in [0.2, 0.25) is 0 Å². The van der Waals surface area contributed by atoms with Gasteiger partial charge in [0.1, 0.15) is 0 Å². The quantitative estimate of drug-likeness (QED) is 0.844. The lowest BCUT2D eigenvalue weighted by molar-refractivity contribution is 0.126. The third kappa shape index (κ3) is 2.83. The van der Waals surface area contributed by atoms with E-state index in [0.29, 0.717) is 0 Å². The van der Waals surface area contributed by atoms with Gasteiger partial charge in [0.25, 0.3) is 0 Å². The minimum atomic E-state index is -0.336. The van der Waals surface area contributed by atoms with Gasteiger partial charge in [-0.05, 0) is 45.3 Å². The van der Waals surface area contributed by atoms with Crippen molar-refractivity contribution in [3.8, 4) is 0 Å². The molecule has 88 valence electrons. The van der Waals surface area contributed by atoms with Gasteiger partial charge in [-0.25, -0.2) is 0 Å². The fourth-order valence-corrected chi connectivity index (χ4v) is 2.52. The fraction of sp³-hybridized carbons (Fsp3) is 0.571. The molecule has 16 heavy (non-hydrogen) atoms. The van der Waals surface area contributed by atoms with Crippen molar-refractivity contribution in [2.75, 3.05) is 19.6 Å². The summed E-state index contributed by atoms with van der Waals surface area (Å²) in [7, 11) is 0. The number of aliphatic hydroxyl groups is 1. The Labute approximate surface area is 97.9 Å². The minimum Gasteiger partial charge on any atom is -0.387 e. The molecule has 0 amide bonds. The molecule has 0 bridgehead atoms. The third-order valence-electron chi connectivity index (χ3n) is 3.26. The first-order valence-corrected chi connectivity index (χ1v) is 6.14. The molecular weight excluding hydrogens is 198 g/mol. The summed E-state index contributed by atoms with van der Waals surface area (Å²) >= 11 is 0. The molecule has 1 heterocycles. The second kappa shape index (κ2) is 4.98. The molecule has 1 aliphatic rings. The summed E-state index contributed by atoms with van der Waals surface area (Å²) in [5, 5.41) is 10.2. The van der Waals surface area contributed by atoms with Gasteiger partial charge in [0.05, 0.1) is 6.10 Å². The largest absolute Gasteiger partial charge is 0.387 e. The summed E-state index contributed by atoms with van der Waals surface area (Å²) in [4.78, 5) is 2.35. The summed E-state index contributed by atoms with van der Waals surface area (Å²) in [5.74, 6) is 0. The van der Waals surface area contributed by atoms with Gasteiger partial charge in [0.2, 0.25) is 0 Å². The third-order valence-corrected chi connectivity index (χ3v) is 3.26. The SMILES string of the molecule is Cc1cc(C)cc(C(O)CN2CCCC2)c1. The minimum absolute atomic E-state index is 0.336. The molecule has 1 fully saturated rings. The van der Waals surface area contributed by atoms with Gasteiger partial charge >= 0.3 is 0 Å². The summed E-state index contributed by atoms with van der Waals surface area (Å²) in [6.07, 6.45) is 2.22. The molecule has 0 aromatic heterocycles.